The molecule has 0 amide bonds. The van der Waals surface area contributed by atoms with Crippen molar-refractivity contribution >= 4 is 27.4 Å². The van der Waals surface area contributed by atoms with Gasteiger partial charge >= 0.3 is 0 Å². The fourth-order valence-corrected chi connectivity index (χ4v) is 3.59. The summed E-state index contributed by atoms with van der Waals surface area (Å²) in [6.07, 6.45) is 0.130. The van der Waals surface area contributed by atoms with Crippen molar-refractivity contribution < 1.29 is 5.11 Å². The summed E-state index contributed by atoms with van der Waals surface area (Å²) in [7, 11) is 0. The second-order valence-corrected chi connectivity index (χ2v) is 7.19. The van der Waals surface area contributed by atoms with Gasteiger partial charge in [-0.1, -0.05) is 41.7 Å². The largest absolute Gasteiger partial charge is 0.391 e. The van der Waals surface area contributed by atoms with Gasteiger partial charge < -0.3 is 10.4 Å². The van der Waals surface area contributed by atoms with Crippen molar-refractivity contribution in [1.29, 1.82) is 0 Å². The number of aromatic nitrogens is 4. The molecule has 3 N–H and O–H groups in total. The molecule has 2 heterocycles. The highest BCUT2D eigenvalue weighted by atomic mass is 32.1. The average molecular weight is 365 g/mol. The maximum Gasteiger partial charge on any atom is 0.206 e. The first-order chi connectivity index (χ1) is 12.7. The van der Waals surface area contributed by atoms with Gasteiger partial charge in [0.2, 0.25) is 5.13 Å². The highest BCUT2D eigenvalue weighted by molar-refractivity contribution is 7.18. The van der Waals surface area contributed by atoms with Crippen LogP contribution in [0, 0.1) is 6.92 Å². The van der Waals surface area contributed by atoms with Gasteiger partial charge in [0, 0.05) is 29.6 Å². The van der Waals surface area contributed by atoms with Crippen LogP contribution in [0.15, 0.2) is 48.5 Å². The summed E-state index contributed by atoms with van der Waals surface area (Å²) in [5.41, 5.74) is 4.10. The van der Waals surface area contributed by atoms with E-state index in [9.17, 15) is 5.11 Å². The Balaban J connectivity index is 1.41. The molecular weight excluding hydrogens is 346 g/mol. The number of hydrogen-bond acceptors (Lipinski definition) is 6. The van der Waals surface area contributed by atoms with Crippen LogP contribution in [-0.2, 0) is 6.42 Å². The van der Waals surface area contributed by atoms with Crippen molar-refractivity contribution in [3.63, 3.8) is 0 Å². The third kappa shape index (κ3) is 3.58. The molecule has 132 valence electrons. The number of aromatic amines is 1. The maximum absolute atomic E-state index is 10.2. The molecule has 4 aromatic rings. The lowest BCUT2D eigenvalue weighted by molar-refractivity contribution is 0.188. The first-order valence-corrected chi connectivity index (χ1v) is 9.25. The summed E-state index contributed by atoms with van der Waals surface area (Å²) in [6.45, 7) is 2.43. The third-order valence-corrected chi connectivity index (χ3v) is 5.15. The molecule has 0 spiro atoms. The summed E-state index contributed by atoms with van der Waals surface area (Å²) >= 11 is 1.48. The highest BCUT2D eigenvalue weighted by Crippen LogP contribution is 2.29. The van der Waals surface area contributed by atoms with Crippen LogP contribution in [0.2, 0.25) is 0 Å². The summed E-state index contributed by atoms with van der Waals surface area (Å²) in [5.74, 6) is 0. The molecule has 0 fully saturated rings. The zero-order valence-corrected chi connectivity index (χ0v) is 15.1. The van der Waals surface area contributed by atoms with E-state index < -0.39 is 6.10 Å². The number of aryl methyl sites for hydroxylation is 1. The minimum Gasteiger partial charge on any atom is -0.391 e. The second-order valence-electron chi connectivity index (χ2n) is 6.22. The molecule has 0 saturated heterocycles. The predicted molar refractivity (Wildman–Crippen MR) is 104 cm³/mol. The Bertz CT molecular complexity index is 1010. The first kappa shape index (κ1) is 16.7. The van der Waals surface area contributed by atoms with Gasteiger partial charge in [-0.2, -0.15) is 5.10 Å². The van der Waals surface area contributed by atoms with E-state index in [2.05, 4.69) is 31.8 Å². The zero-order valence-electron chi connectivity index (χ0n) is 14.3. The van der Waals surface area contributed by atoms with Crippen LogP contribution < -0.4 is 5.32 Å². The van der Waals surface area contributed by atoms with Crippen LogP contribution in [0.4, 0.5) is 5.13 Å². The topological polar surface area (TPSA) is 86.7 Å². The smallest absolute Gasteiger partial charge is 0.206 e. The fourth-order valence-electron chi connectivity index (χ4n) is 2.85. The van der Waals surface area contributed by atoms with Crippen molar-refractivity contribution in [1.82, 2.24) is 20.4 Å². The maximum atomic E-state index is 10.2. The third-order valence-electron chi connectivity index (χ3n) is 4.22. The number of nitrogens with zero attached hydrogens (tertiary/aromatic N) is 3. The van der Waals surface area contributed by atoms with E-state index in [0.717, 1.165) is 32.7 Å². The summed E-state index contributed by atoms with van der Waals surface area (Å²) in [4.78, 5) is 0. The van der Waals surface area contributed by atoms with E-state index in [-0.39, 0.29) is 0 Å². The number of H-pyrrole nitrogens is 1. The lowest BCUT2D eigenvalue weighted by Gasteiger charge is -2.10. The van der Waals surface area contributed by atoms with Crippen molar-refractivity contribution in [3.8, 4) is 10.6 Å². The molecule has 26 heavy (non-hydrogen) atoms. The van der Waals surface area contributed by atoms with E-state index >= 15 is 0 Å². The van der Waals surface area contributed by atoms with Crippen molar-refractivity contribution in [2.24, 2.45) is 0 Å². The molecule has 7 heteroatoms. The number of aliphatic hydroxyl groups excluding tert-OH is 1. The van der Waals surface area contributed by atoms with Gasteiger partial charge in [0.1, 0.15) is 5.01 Å². The second kappa shape index (κ2) is 7.23. The number of aliphatic hydroxyl groups is 1. The Morgan fingerprint density at radius 3 is 2.85 bits per heavy atom. The average Bonchev–Trinajstić information content (AvgIpc) is 3.28. The van der Waals surface area contributed by atoms with E-state index in [4.69, 9.17) is 0 Å². The Hall–Kier alpha value is -2.77. The van der Waals surface area contributed by atoms with Gasteiger partial charge in [-0.3, -0.25) is 5.10 Å². The van der Waals surface area contributed by atoms with Crippen LogP contribution in [-0.4, -0.2) is 38.1 Å². The SMILES string of the molecule is Cc1[nH]nc2ccc(-c3nnc(NCC(O)Cc4ccccc4)s3)cc12. The standard InChI is InChI=1S/C19H19N5OS/c1-12-16-10-14(7-8-17(16)22-21-12)18-23-24-19(26-18)20-11-15(25)9-13-5-3-2-4-6-13/h2-8,10,15,25H,9,11H2,1H3,(H,20,24)(H,21,22). The molecule has 2 aromatic carbocycles. The van der Waals surface area contributed by atoms with Gasteiger partial charge in [-0.15, -0.1) is 10.2 Å². The number of rotatable bonds is 6. The molecule has 6 nitrogen and oxygen atoms in total. The van der Waals surface area contributed by atoms with E-state index in [1.807, 2.05) is 49.4 Å². The van der Waals surface area contributed by atoms with Crippen LogP contribution in [0.5, 0.6) is 0 Å². The Kier molecular flexibility index (Phi) is 4.64. The van der Waals surface area contributed by atoms with Gasteiger partial charge in [0.25, 0.3) is 0 Å². The van der Waals surface area contributed by atoms with E-state index in [1.165, 1.54) is 11.3 Å². The first-order valence-electron chi connectivity index (χ1n) is 8.43. The number of nitrogens with one attached hydrogen (secondary N) is 2. The van der Waals surface area contributed by atoms with Gasteiger partial charge in [-0.05, 0) is 30.7 Å². The highest BCUT2D eigenvalue weighted by Gasteiger charge is 2.11. The van der Waals surface area contributed by atoms with Crippen molar-refractivity contribution in [2.75, 3.05) is 11.9 Å². The molecular formula is C19H19N5OS. The molecule has 4 rings (SSSR count). The minimum atomic E-state index is -0.477. The number of fused-ring (bicyclic) bond motifs is 1. The number of benzene rings is 2. The summed E-state index contributed by atoms with van der Waals surface area (Å²) in [5, 5.41) is 31.7. The van der Waals surface area contributed by atoms with Crippen LogP contribution in [0.1, 0.15) is 11.3 Å². The predicted octanol–water partition coefficient (Wildman–Crippen LogP) is 3.41. The van der Waals surface area contributed by atoms with Crippen molar-refractivity contribution in [3.05, 3.63) is 59.8 Å². The van der Waals surface area contributed by atoms with Gasteiger partial charge in [0.15, 0.2) is 0 Å². The fraction of sp³-hybridized carbons (Fsp3) is 0.211. The molecule has 0 aliphatic heterocycles. The van der Waals surface area contributed by atoms with Gasteiger partial charge in [-0.25, -0.2) is 0 Å². The van der Waals surface area contributed by atoms with Crippen LogP contribution in [0.3, 0.4) is 0 Å². The molecule has 0 saturated carbocycles. The summed E-state index contributed by atoms with van der Waals surface area (Å²) < 4.78 is 0. The molecule has 0 aliphatic carbocycles. The normalized spacial score (nSPS) is 12.4. The molecule has 1 unspecified atom stereocenters. The van der Waals surface area contributed by atoms with Crippen LogP contribution >= 0.6 is 11.3 Å². The number of hydrogen-bond donors (Lipinski definition) is 3. The molecule has 0 bridgehead atoms. The lowest BCUT2D eigenvalue weighted by Crippen LogP contribution is -2.21. The Morgan fingerprint density at radius 1 is 1.15 bits per heavy atom. The molecule has 1 atom stereocenters. The van der Waals surface area contributed by atoms with E-state index in [0.29, 0.717) is 18.1 Å². The summed E-state index contributed by atoms with van der Waals surface area (Å²) in [6, 6.07) is 16.0. The monoisotopic (exact) mass is 365 g/mol. The quantitative estimate of drug-likeness (QED) is 0.487. The van der Waals surface area contributed by atoms with Crippen molar-refractivity contribution in [2.45, 2.75) is 19.4 Å². The molecule has 0 radical (unpaired) electrons. The van der Waals surface area contributed by atoms with Crippen LogP contribution in [0.25, 0.3) is 21.5 Å². The Labute approximate surface area is 154 Å². The number of anilines is 1. The minimum absolute atomic E-state index is 0.434. The molecule has 2 aromatic heterocycles. The Morgan fingerprint density at radius 2 is 2.00 bits per heavy atom. The lowest BCUT2D eigenvalue weighted by atomic mass is 10.1. The van der Waals surface area contributed by atoms with E-state index in [1.54, 1.807) is 0 Å². The molecule has 0 aliphatic rings. The van der Waals surface area contributed by atoms with Gasteiger partial charge in [0.05, 0.1) is 11.6 Å². The zero-order chi connectivity index (χ0) is 17.9.